The van der Waals surface area contributed by atoms with Crippen LogP contribution >= 0.6 is 0 Å². The number of hydrogen-bond acceptors (Lipinski definition) is 8. The highest BCUT2D eigenvalue weighted by atomic mass is 16.7. The summed E-state index contributed by atoms with van der Waals surface area (Å²) in [5.74, 6) is -0.115. The molecular weight excluding hydrogens is 499 g/mol. The first-order chi connectivity index (χ1) is 18.1. The zero-order chi connectivity index (χ0) is 29.0. The van der Waals surface area contributed by atoms with Gasteiger partial charge < -0.3 is 29.0 Å². The van der Waals surface area contributed by atoms with Crippen LogP contribution in [0.1, 0.15) is 94.4 Å². The molecular formula is C28H47BN4O6. The van der Waals surface area contributed by atoms with Crippen LogP contribution in [0.15, 0.2) is 12.4 Å². The molecule has 2 atom stereocenters. The van der Waals surface area contributed by atoms with Gasteiger partial charge >= 0.3 is 19.2 Å². The van der Waals surface area contributed by atoms with Crippen molar-refractivity contribution in [1.82, 2.24) is 20.2 Å². The molecule has 0 spiro atoms. The summed E-state index contributed by atoms with van der Waals surface area (Å²) in [6.07, 6.45) is 7.30. The highest BCUT2D eigenvalue weighted by Crippen LogP contribution is 2.36. The average Bonchev–Trinajstić information content (AvgIpc) is 3.06. The molecule has 2 fully saturated rings. The number of carbonyl (C=O) groups excluding carboxylic acids is 2. The highest BCUT2D eigenvalue weighted by Gasteiger charge is 2.52. The highest BCUT2D eigenvalue weighted by molar-refractivity contribution is 6.61. The number of nitrogens with one attached hydrogen (secondary N) is 1. The molecule has 0 aliphatic carbocycles. The number of hydrogen-bond donors (Lipinski definition) is 1. The van der Waals surface area contributed by atoms with E-state index >= 15 is 0 Å². The summed E-state index contributed by atoms with van der Waals surface area (Å²) < 4.78 is 23.3. The van der Waals surface area contributed by atoms with Crippen molar-refractivity contribution in [2.24, 2.45) is 5.92 Å². The maximum atomic E-state index is 13.5. The van der Waals surface area contributed by atoms with Crippen molar-refractivity contribution in [2.75, 3.05) is 13.2 Å². The molecule has 0 bridgehead atoms. The summed E-state index contributed by atoms with van der Waals surface area (Å²) in [6, 6.07) is -0.232. The Hall–Kier alpha value is -2.40. The number of ether oxygens (including phenoxy) is 2. The molecule has 218 valence electrons. The van der Waals surface area contributed by atoms with Crippen LogP contribution in [0.3, 0.4) is 0 Å². The van der Waals surface area contributed by atoms with Gasteiger partial charge in [0, 0.05) is 30.4 Å². The summed E-state index contributed by atoms with van der Waals surface area (Å²) >= 11 is 0. The third-order valence-corrected chi connectivity index (χ3v) is 7.60. The molecule has 0 aromatic carbocycles. The number of carbonyl (C=O) groups is 2. The predicted molar refractivity (Wildman–Crippen MR) is 150 cm³/mol. The molecule has 1 N–H and O–H groups in total. The van der Waals surface area contributed by atoms with E-state index in [1.165, 1.54) is 0 Å². The minimum Gasteiger partial charge on any atom is -0.463 e. The second kappa shape index (κ2) is 12.4. The van der Waals surface area contributed by atoms with Crippen LogP contribution in [0.2, 0.25) is 0 Å². The van der Waals surface area contributed by atoms with Crippen molar-refractivity contribution in [2.45, 2.75) is 123 Å². The van der Waals surface area contributed by atoms with Crippen molar-refractivity contribution in [1.29, 1.82) is 0 Å². The summed E-state index contributed by atoms with van der Waals surface area (Å²) in [4.78, 5) is 36.5. The Balaban J connectivity index is 1.51. The fourth-order valence-electron chi connectivity index (χ4n) is 4.70. The number of aromatic nitrogens is 2. The van der Waals surface area contributed by atoms with Crippen LogP contribution in [-0.2, 0) is 18.8 Å². The fourth-order valence-corrected chi connectivity index (χ4v) is 4.70. The Morgan fingerprint density at radius 2 is 1.74 bits per heavy atom. The second-order valence-electron chi connectivity index (χ2n) is 12.9. The molecule has 2 aliphatic rings. The number of piperidine rings is 1. The van der Waals surface area contributed by atoms with Crippen molar-refractivity contribution in [3.05, 3.63) is 12.4 Å². The zero-order valence-corrected chi connectivity index (χ0v) is 25.2. The Labute approximate surface area is 234 Å². The molecule has 39 heavy (non-hydrogen) atoms. The van der Waals surface area contributed by atoms with Gasteiger partial charge in [0.25, 0.3) is 0 Å². The van der Waals surface area contributed by atoms with Gasteiger partial charge in [0.1, 0.15) is 11.6 Å². The van der Waals surface area contributed by atoms with E-state index in [9.17, 15) is 9.59 Å². The van der Waals surface area contributed by atoms with Gasteiger partial charge in [-0.3, -0.25) is 4.79 Å². The number of alkyl carbamates (subject to hydrolysis) is 1. The first-order valence-electron chi connectivity index (χ1n) is 14.2. The smallest absolute Gasteiger partial charge is 0.463 e. The molecule has 2 aliphatic heterocycles. The molecule has 1 aromatic rings. The van der Waals surface area contributed by atoms with Crippen LogP contribution in [0.5, 0.6) is 6.01 Å². The van der Waals surface area contributed by atoms with Crippen LogP contribution in [0.4, 0.5) is 4.79 Å². The lowest BCUT2D eigenvalue weighted by Crippen LogP contribution is -2.55. The lowest BCUT2D eigenvalue weighted by molar-refractivity contribution is -0.138. The van der Waals surface area contributed by atoms with Gasteiger partial charge in [-0.25, -0.2) is 14.8 Å². The van der Waals surface area contributed by atoms with E-state index in [1.54, 1.807) is 33.2 Å². The van der Waals surface area contributed by atoms with Gasteiger partial charge in [-0.05, 0) is 86.5 Å². The largest absolute Gasteiger partial charge is 0.498 e. The van der Waals surface area contributed by atoms with Crippen LogP contribution in [0, 0.1) is 5.92 Å². The van der Waals surface area contributed by atoms with Gasteiger partial charge in [-0.15, -0.1) is 0 Å². The summed E-state index contributed by atoms with van der Waals surface area (Å²) in [5, 5.41) is 2.80. The third-order valence-electron chi connectivity index (χ3n) is 7.60. The monoisotopic (exact) mass is 546 g/mol. The summed E-state index contributed by atoms with van der Waals surface area (Å²) in [5.41, 5.74) is -0.736. The van der Waals surface area contributed by atoms with Gasteiger partial charge in [0.15, 0.2) is 0 Å². The Morgan fingerprint density at radius 3 is 2.31 bits per heavy atom. The quantitative estimate of drug-likeness (QED) is 0.367. The van der Waals surface area contributed by atoms with Crippen molar-refractivity contribution in [3.8, 4) is 6.01 Å². The lowest BCUT2D eigenvalue weighted by Gasteiger charge is -2.39. The standard InChI is InChI=1S/C28H47BN4O6/c1-19(2)22(32-25(35)37-26(3,4)5)23(34)33-15-11-10-13-21(33)14-12-16-36-24-30-17-20(18-31-24)29-38-27(6,7)28(8,9)39-29/h17-19,21-22H,10-16H2,1-9H3,(H,32,35)/t21-,22-/m1/s1. The van der Waals surface area contributed by atoms with E-state index in [0.717, 1.165) is 37.6 Å². The predicted octanol–water partition coefficient (Wildman–Crippen LogP) is 3.87. The molecule has 2 amide bonds. The Kier molecular flexibility index (Phi) is 9.91. The molecule has 0 unspecified atom stereocenters. The van der Waals surface area contributed by atoms with E-state index < -0.39 is 36.1 Å². The van der Waals surface area contributed by atoms with Gasteiger partial charge in [0.2, 0.25) is 5.91 Å². The number of amides is 2. The van der Waals surface area contributed by atoms with Gasteiger partial charge in [-0.2, -0.15) is 0 Å². The normalized spacial score (nSPS) is 21.5. The van der Waals surface area contributed by atoms with Crippen molar-refractivity contribution < 1.29 is 28.4 Å². The van der Waals surface area contributed by atoms with Gasteiger partial charge in [-0.1, -0.05) is 13.8 Å². The number of rotatable bonds is 9. The van der Waals surface area contributed by atoms with Crippen molar-refractivity contribution in [3.63, 3.8) is 0 Å². The average molecular weight is 547 g/mol. The maximum absolute atomic E-state index is 13.5. The minimum atomic E-state index is -0.632. The molecule has 2 saturated heterocycles. The van der Waals surface area contributed by atoms with E-state index in [1.807, 2.05) is 46.4 Å². The number of nitrogens with zero attached hydrogens (tertiary/aromatic N) is 3. The second-order valence-corrected chi connectivity index (χ2v) is 12.9. The summed E-state index contributed by atoms with van der Waals surface area (Å²) in [6.45, 7) is 18.4. The Morgan fingerprint density at radius 1 is 1.13 bits per heavy atom. The zero-order valence-electron chi connectivity index (χ0n) is 25.2. The third kappa shape index (κ3) is 8.30. The molecule has 11 heteroatoms. The molecule has 3 rings (SSSR count). The molecule has 0 radical (unpaired) electrons. The molecule has 3 heterocycles. The molecule has 0 saturated carbocycles. The topological polar surface area (TPSA) is 112 Å². The van der Waals surface area contributed by atoms with Crippen molar-refractivity contribution >= 4 is 24.6 Å². The fraction of sp³-hybridized carbons (Fsp3) is 0.786. The summed E-state index contributed by atoms with van der Waals surface area (Å²) in [7, 11) is -0.515. The van der Waals surface area contributed by atoms with Crippen LogP contribution < -0.4 is 15.5 Å². The first-order valence-corrected chi connectivity index (χ1v) is 14.2. The van der Waals surface area contributed by atoms with E-state index in [4.69, 9.17) is 18.8 Å². The lowest BCUT2D eigenvalue weighted by atomic mass is 9.81. The number of likely N-dealkylation sites (tertiary alicyclic amines) is 1. The van der Waals surface area contributed by atoms with Gasteiger partial charge in [0.05, 0.1) is 17.8 Å². The van der Waals surface area contributed by atoms with E-state index in [-0.39, 0.29) is 17.9 Å². The first kappa shape index (κ1) is 31.1. The van der Waals surface area contributed by atoms with E-state index in [0.29, 0.717) is 19.2 Å². The maximum Gasteiger partial charge on any atom is 0.498 e. The molecule has 1 aromatic heterocycles. The Bertz CT molecular complexity index is 963. The SMILES string of the molecule is CC(C)[C@@H](NC(=O)OC(C)(C)C)C(=O)N1CCCC[C@@H]1CCCOc1ncc(B2OC(C)(C)C(C)(C)O2)cn1. The van der Waals surface area contributed by atoms with Crippen LogP contribution in [0.25, 0.3) is 0 Å². The minimum absolute atomic E-state index is 0.0527. The van der Waals surface area contributed by atoms with E-state index in [2.05, 4.69) is 15.3 Å². The van der Waals surface area contributed by atoms with Crippen LogP contribution in [-0.4, -0.2) is 76.0 Å². The molecule has 10 nitrogen and oxygen atoms in total.